The molecule has 0 spiro atoms. The van der Waals surface area contributed by atoms with Crippen LogP contribution in [0.5, 0.6) is 5.75 Å². The zero-order valence-electron chi connectivity index (χ0n) is 12.5. The molecular formula is C16H24N2O2. The lowest BCUT2D eigenvalue weighted by Gasteiger charge is -2.17. The number of nitrogens with zero attached hydrogens (tertiary/aromatic N) is 1. The van der Waals surface area contributed by atoms with Gasteiger partial charge in [-0.15, -0.1) is 0 Å². The minimum Gasteiger partial charge on any atom is -0.491 e. The molecule has 1 rings (SSSR count). The first-order chi connectivity index (χ1) is 9.56. The molecule has 0 aliphatic carbocycles. The van der Waals surface area contributed by atoms with Gasteiger partial charge in [0.15, 0.2) is 0 Å². The second kappa shape index (κ2) is 8.38. The second-order valence-corrected chi connectivity index (χ2v) is 4.78. The third-order valence-corrected chi connectivity index (χ3v) is 2.74. The average Bonchev–Trinajstić information content (AvgIpc) is 2.42. The van der Waals surface area contributed by atoms with Gasteiger partial charge in [-0.1, -0.05) is 12.1 Å². The highest BCUT2D eigenvalue weighted by atomic mass is 16.5. The molecule has 0 unspecified atom stereocenters. The van der Waals surface area contributed by atoms with E-state index in [-0.39, 0.29) is 12.0 Å². The Hall–Kier alpha value is -1.81. The van der Waals surface area contributed by atoms with Crippen molar-refractivity contribution < 1.29 is 9.53 Å². The van der Waals surface area contributed by atoms with Crippen molar-refractivity contribution in [2.45, 2.75) is 26.9 Å². The number of rotatable bonds is 7. The van der Waals surface area contributed by atoms with Crippen LogP contribution in [0.15, 0.2) is 30.3 Å². The molecule has 0 atom stereocenters. The van der Waals surface area contributed by atoms with Crippen LogP contribution in [0, 0.1) is 0 Å². The first-order valence-electron chi connectivity index (χ1n) is 7.00. The number of hydrogen-bond acceptors (Lipinski definition) is 3. The van der Waals surface area contributed by atoms with E-state index < -0.39 is 0 Å². The molecule has 0 saturated carbocycles. The van der Waals surface area contributed by atoms with Gasteiger partial charge in [-0.05, 0) is 44.5 Å². The molecule has 4 nitrogen and oxygen atoms in total. The van der Waals surface area contributed by atoms with Crippen molar-refractivity contribution in [3.63, 3.8) is 0 Å². The lowest BCUT2D eigenvalue weighted by atomic mass is 10.2. The highest BCUT2D eigenvalue weighted by Gasteiger charge is 2.06. The fraction of sp³-hybridized carbons (Fsp3) is 0.438. The van der Waals surface area contributed by atoms with Gasteiger partial charge in [0, 0.05) is 25.7 Å². The van der Waals surface area contributed by atoms with Crippen molar-refractivity contribution in [3.05, 3.63) is 35.9 Å². The highest BCUT2D eigenvalue weighted by Crippen LogP contribution is 2.16. The number of amides is 1. The maximum atomic E-state index is 12.0. The van der Waals surface area contributed by atoms with Gasteiger partial charge < -0.3 is 15.4 Å². The normalized spacial score (nSPS) is 11.1. The van der Waals surface area contributed by atoms with Crippen LogP contribution >= 0.6 is 0 Å². The highest BCUT2D eigenvalue weighted by molar-refractivity contribution is 5.91. The molecule has 0 aliphatic heterocycles. The Balaban J connectivity index is 2.71. The van der Waals surface area contributed by atoms with E-state index in [1.807, 2.05) is 45.0 Å². The third-order valence-electron chi connectivity index (χ3n) is 2.74. The SMILES string of the molecule is CCN(CCN)C(=O)/C=C/c1cccc(OC(C)C)c1. The van der Waals surface area contributed by atoms with Crippen LogP contribution in [0.25, 0.3) is 6.08 Å². The molecule has 1 aromatic rings. The molecule has 0 heterocycles. The van der Waals surface area contributed by atoms with E-state index in [9.17, 15) is 4.79 Å². The third kappa shape index (κ3) is 5.45. The molecule has 0 radical (unpaired) electrons. The van der Waals surface area contributed by atoms with Gasteiger partial charge in [0.05, 0.1) is 6.10 Å². The average molecular weight is 276 g/mol. The Morgan fingerprint density at radius 1 is 1.45 bits per heavy atom. The van der Waals surface area contributed by atoms with Gasteiger partial charge >= 0.3 is 0 Å². The fourth-order valence-electron chi connectivity index (χ4n) is 1.82. The van der Waals surface area contributed by atoms with Gasteiger partial charge in [-0.3, -0.25) is 4.79 Å². The van der Waals surface area contributed by atoms with E-state index in [1.54, 1.807) is 17.1 Å². The van der Waals surface area contributed by atoms with E-state index in [0.29, 0.717) is 19.6 Å². The summed E-state index contributed by atoms with van der Waals surface area (Å²) in [5.41, 5.74) is 6.43. The Labute approximate surface area is 121 Å². The largest absolute Gasteiger partial charge is 0.491 e. The Kier molecular flexibility index (Phi) is 6.81. The van der Waals surface area contributed by atoms with E-state index in [0.717, 1.165) is 11.3 Å². The number of nitrogens with two attached hydrogens (primary N) is 1. The Bertz CT molecular complexity index is 456. The second-order valence-electron chi connectivity index (χ2n) is 4.78. The molecule has 2 N–H and O–H groups in total. The van der Waals surface area contributed by atoms with Gasteiger partial charge in [-0.2, -0.15) is 0 Å². The van der Waals surface area contributed by atoms with Crippen molar-refractivity contribution in [1.82, 2.24) is 4.90 Å². The molecule has 0 saturated heterocycles. The summed E-state index contributed by atoms with van der Waals surface area (Å²) in [5.74, 6) is 0.789. The molecular weight excluding hydrogens is 252 g/mol. The summed E-state index contributed by atoms with van der Waals surface area (Å²) in [4.78, 5) is 13.7. The lowest BCUT2D eigenvalue weighted by Crippen LogP contribution is -2.33. The van der Waals surface area contributed by atoms with Gasteiger partial charge in [-0.25, -0.2) is 0 Å². The lowest BCUT2D eigenvalue weighted by molar-refractivity contribution is -0.125. The predicted octanol–water partition coefficient (Wildman–Crippen LogP) is 2.29. The molecule has 4 heteroatoms. The summed E-state index contributed by atoms with van der Waals surface area (Å²) >= 11 is 0. The minimum atomic E-state index is -0.0202. The van der Waals surface area contributed by atoms with E-state index >= 15 is 0 Å². The summed E-state index contributed by atoms with van der Waals surface area (Å²) in [7, 11) is 0. The monoisotopic (exact) mass is 276 g/mol. The van der Waals surface area contributed by atoms with Crippen LogP contribution < -0.4 is 10.5 Å². The molecule has 0 bridgehead atoms. The maximum Gasteiger partial charge on any atom is 0.246 e. The molecule has 0 aliphatic rings. The number of benzene rings is 1. The summed E-state index contributed by atoms with van der Waals surface area (Å²) in [6.07, 6.45) is 3.51. The molecule has 1 amide bonds. The summed E-state index contributed by atoms with van der Waals surface area (Å²) in [5, 5.41) is 0. The number of hydrogen-bond donors (Lipinski definition) is 1. The topological polar surface area (TPSA) is 55.6 Å². The quantitative estimate of drug-likeness (QED) is 0.777. The number of likely N-dealkylation sites (N-methyl/N-ethyl adjacent to an activating group) is 1. The number of carbonyl (C=O) groups excluding carboxylic acids is 1. The maximum absolute atomic E-state index is 12.0. The van der Waals surface area contributed by atoms with Gasteiger partial charge in [0.25, 0.3) is 0 Å². The minimum absolute atomic E-state index is 0.0202. The fourth-order valence-corrected chi connectivity index (χ4v) is 1.82. The summed E-state index contributed by atoms with van der Waals surface area (Å²) in [6, 6.07) is 7.68. The van der Waals surface area contributed by atoms with Crippen LogP contribution in [-0.2, 0) is 4.79 Å². The van der Waals surface area contributed by atoms with Crippen LogP contribution in [0.1, 0.15) is 26.3 Å². The van der Waals surface area contributed by atoms with E-state index in [4.69, 9.17) is 10.5 Å². The van der Waals surface area contributed by atoms with Crippen molar-refractivity contribution >= 4 is 12.0 Å². The smallest absolute Gasteiger partial charge is 0.246 e. The summed E-state index contributed by atoms with van der Waals surface area (Å²) < 4.78 is 5.62. The molecule has 20 heavy (non-hydrogen) atoms. The van der Waals surface area contributed by atoms with Gasteiger partial charge in [0.1, 0.15) is 5.75 Å². The van der Waals surface area contributed by atoms with Crippen molar-refractivity contribution in [2.24, 2.45) is 5.73 Å². The zero-order valence-corrected chi connectivity index (χ0v) is 12.5. The van der Waals surface area contributed by atoms with Crippen molar-refractivity contribution in [1.29, 1.82) is 0 Å². The first-order valence-corrected chi connectivity index (χ1v) is 7.00. The van der Waals surface area contributed by atoms with Crippen LogP contribution in [0.2, 0.25) is 0 Å². The Morgan fingerprint density at radius 3 is 2.80 bits per heavy atom. The van der Waals surface area contributed by atoms with Crippen LogP contribution in [0.3, 0.4) is 0 Å². The van der Waals surface area contributed by atoms with Crippen molar-refractivity contribution in [3.8, 4) is 5.75 Å². The standard InChI is InChI=1S/C16H24N2O2/c1-4-18(11-10-17)16(19)9-8-14-6-5-7-15(12-14)20-13(2)3/h5-9,12-13H,4,10-11,17H2,1-3H3/b9-8+. The zero-order chi connectivity index (χ0) is 15.0. The summed E-state index contributed by atoms with van der Waals surface area (Å²) in [6.45, 7) is 7.63. The molecule has 110 valence electrons. The van der Waals surface area contributed by atoms with E-state index in [2.05, 4.69) is 0 Å². The molecule has 1 aromatic carbocycles. The van der Waals surface area contributed by atoms with E-state index in [1.165, 1.54) is 0 Å². The van der Waals surface area contributed by atoms with Gasteiger partial charge in [0.2, 0.25) is 5.91 Å². The predicted molar refractivity (Wildman–Crippen MR) is 82.5 cm³/mol. The molecule has 0 aromatic heterocycles. The van der Waals surface area contributed by atoms with Crippen LogP contribution in [-0.4, -0.2) is 36.5 Å². The number of carbonyl (C=O) groups is 1. The Morgan fingerprint density at radius 2 is 2.20 bits per heavy atom. The number of ether oxygens (including phenoxy) is 1. The van der Waals surface area contributed by atoms with Crippen molar-refractivity contribution in [2.75, 3.05) is 19.6 Å². The first kappa shape index (κ1) is 16.2. The van der Waals surface area contributed by atoms with Crippen LogP contribution in [0.4, 0.5) is 0 Å². The molecule has 0 fully saturated rings.